The Morgan fingerprint density at radius 3 is 2.24 bits per heavy atom. The number of aliphatic carboxylic acids is 2. The fourth-order valence-corrected chi connectivity index (χ4v) is 5.32. The van der Waals surface area contributed by atoms with Crippen molar-refractivity contribution < 1.29 is 38.9 Å². The smallest absolute Gasteiger partial charge is 0.414 e. The topological polar surface area (TPSA) is 134 Å². The van der Waals surface area contributed by atoms with Crippen molar-refractivity contribution in [3.8, 4) is 5.75 Å². The molecule has 0 unspecified atom stereocenters. The Kier molecular flexibility index (Phi) is 11.9. The van der Waals surface area contributed by atoms with Crippen LogP contribution >= 0.6 is 23.4 Å². The third-order valence-electron chi connectivity index (χ3n) is 5.48. The van der Waals surface area contributed by atoms with E-state index in [4.69, 9.17) is 40.9 Å². The third kappa shape index (κ3) is 8.64. The van der Waals surface area contributed by atoms with Gasteiger partial charge in [0, 0.05) is 29.9 Å². The average Bonchev–Trinajstić information content (AvgIpc) is 2.97. The normalized spacial score (nSPS) is 16.6. The van der Waals surface area contributed by atoms with E-state index in [0.717, 1.165) is 29.1 Å². The van der Waals surface area contributed by atoms with Crippen molar-refractivity contribution in [2.45, 2.75) is 36.5 Å². The molecule has 0 fully saturated rings. The van der Waals surface area contributed by atoms with Gasteiger partial charge in [-0.15, -0.1) is 11.8 Å². The molecule has 2 aromatic rings. The molecule has 38 heavy (non-hydrogen) atoms. The molecule has 1 aliphatic heterocycles. The summed E-state index contributed by atoms with van der Waals surface area (Å²) in [5, 5.41) is 14.9. The molecule has 3 rings (SSSR count). The lowest BCUT2D eigenvalue weighted by atomic mass is 10.1. The molecule has 206 valence electrons. The summed E-state index contributed by atoms with van der Waals surface area (Å²) >= 11 is 7.79. The first kappa shape index (κ1) is 30.9. The SMILES string of the molecule is CCCN(C)CCN1C(=O)[C@H](OC(C)=O)[C@H](c2ccc(OC)cc2)Sc2cc(Cl)ccc21.O=C(O)C(=O)O. The molecule has 1 amide bonds. The number of anilines is 1. The number of esters is 1. The zero-order valence-electron chi connectivity index (χ0n) is 21.5. The van der Waals surface area contributed by atoms with E-state index in [1.165, 1.54) is 18.7 Å². The summed E-state index contributed by atoms with van der Waals surface area (Å²) in [6.07, 6.45) is 0.0656. The van der Waals surface area contributed by atoms with Crippen LogP contribution in [0.1, 0.15) is 31.1 Å². The van der Waals surface area contributed by atoms with Crippen LogP contribution in [0, 0.1) is 0 Å². The summed E-state index contributed by atoms with van der Waals surface area (Å²) in [4.78, 5) is 48.7. The average molecular weight is 567 g/mol. The molecule has 0 spiro atoms. The quantitative estimate of drug-likeness (QED) is 0.357. The zero-order valence-corrected chi connectivity index (χ0v) is 23.1. The van der Waals surface area contributed by atoms with E-state index in [-0.39, 0.29) is 5.91 Å². The second-order valence-corrected chi connectivity index (χ2v) is 9.98. The first-order valence-corrected chi connectivity index (χ1v) is 13.0. The van der Waals surface area contributed by atoms with Crippen LogP contribution in [-0.4, -0.2) is 78.8 Å². The van der Waals surface area contributed by atoms with Gasteiger partial charge < -0.3 is 29.5 Å². The maximum absolute atomic E-state index is 13.8. The van der Waals surface area contributed by atoms with Crippen LogP contribution in [0.2, 0.25) is 5.02 Å². The summed E-state index contributed by atoms with van der Waals surface area (Å²) in [5.41, 5.74) is 1.65. The Balaban J connectivity index is 0.000000757. The number of thioether (sulfide) groups is 1. The number of carboxylic acid groups (broad SMARTS) is 2. The number of carboxylic acids is 2. The van der Waals surface area contributed by atoms with Crippen molar-refractivity contribution in [3.05, 3.63) is 53.1 Å². The molecule has 2 atom stereocenters. The number of hydrogen-bond donors (Lipinski definition) is 2. The minimum Gasteiger partial charge on any atom is -0.497 e. The van der Waals surface area contributed by atoms with Gasteiger partial charge in [-0.25, -0.2) is 9.59 Å². The monoisotopic (exact) mass is 566 g/mol. The molecular weight excluding hydrogens is 536 g/mol. The van der Waals surface area contributed by atoms with Crippen LogP contribution in [0.4, 0.5) is 5.69 Å². The molecule has 0 bridgehead atoms. The van der Waals surface area contributed by atoms with E-state index in [1.807, 2.05) is 43.4 Å². The van der Waals surface area contributed by atoms with E-state index in [2.05, 4.69) is 11.8 Å². The van der Waals surface area contributed by atoms with Gasteiger partial charge in [-0.1, -0.05) is 30.7 Å². The van der Waals surface area contributed by atoms with Crippen molar-refractivity contribution in [2.75, 3.05) is 38.7 Å². The number of ether oxygens (including phenoxy) is 2. The van der Waals surface area contributed by atoms with E-state index >= 15 is 0 Å². The van der Waals surface area contributed by atoms with Crippen LogP contribution in [0.25, 0.3) is 0 Å². The van der Waals surface area contributed by atoms with Crippen molar-refractivity contribution in [3.63, 3.8) is 0 Å². The Bertz CT molecular complexity index is 1130. The van der Waals surface area contributed by atoms with Gasteiger partial charge in [0.1, 0.15) is 5.75 Å². The number of benzene rings is 2. The number of likely N-dealkylation sites (N-methyl/N-ethyl adjacent to an activating group) is 1. The van der Waals surface area contributed by atoms with Gasteiger partial charge in [-0.05, 0) is 55.9 Å². The number of rotatable bonds is 8. The minimum absolute atomic E-state index is 0.237. The predicted molar refractivity (Wildman–Crippen MR) is 144 cm³/mol. The van der Waals surface area contributed by atoms with Crippen molar-refractivity contribution in [1.29, 1.82) is 0 Å². The van der Waals surface area contributed by atoms with E-state index < -0.39 is 29.3 Å². The molecule has 0 saturated carbocycles. The Labute approximate surface area is 230 Å². The fraction of sp³-hybridized carbons (Fsp3) is 0.385. The molecule has 0 aliphatic carbocycles. The second kappa shape index (κ2) is 14.6. The first-order valence-electron chi connectivity index (χ1n) is 11.7. The van der Waals surface area contributed by atoms with Crippen molar-refractivity contribution >= 4 is 52.9 Å². The Morgan fingerprint density at radius 1 is 1.08 bits per heavy atom. The molecule has 12 heteroatoms. The summed E-state index contributed by atoms with van der Waals surface area (Å²) in [5.74, 6) is -3.66. The minimum atomic E-state index is -1.82. The van der Waals surface area contributed by atoms with E-state index in [0.29, 0.717) is 23.9 Å². The molecule has 10 nitrogen and oxygen atoms in total. The predicted octanol–water partition coefficient (Wildman–Crippen LogP) is 3.96. The number of nitrogens with zero attached hydrogens (tertiary/aromatic N) is 2. The van der Waals surface area contributed by atoms with Crippen molar-refractivity contribution in [2.24, 2.45) is 0 Å². The lowest BCUT2D eigenvalue weighted by Crippen LogP contribution is -2.45. The zero-order chi connectivity index (χ0) is 28.4. The second-order valence-electron chi connectivity index (χ2n) is 8.36. The standard InChI is InChI=1S/C24H29ClN2O4S.C2H2O4/c1-5-12-26(3)13-14-27-20-11-8-18(25)15-21(20)32-23(22(24(27)29)31-16(2)28)17-6-9-19(30-4)10-7-17;3-1(4)2(5)6/h6-11,15,22-23H,5,12-14H2,1-4H3;(H,3,4)(H,5,6)/t22-,23+;/m1./s1. The summed E-state index contributed by atoms with van der Waals surface area (Å²) < 4.78 is 10.9. The first-order chi connectivity index (χ1) is 18.0. The van der Waals surface area contributed by atoms with Gasteiger partial charge >= 0.3 is 17.9 Å². The molecule has 0 saturated heterocycles. The van der Waals surface area contributed by atoms with E-state index in [9.17, 15) is 9.59 Å². The highest BCUT2D eigenvalue weighted by molar-refractivity contribution is 7.99. The number of amides is 1. The molecule has 1 heterocycles. The molecule has 1 aliphatic rings. The highest BCUT2D eigenvalue weighted by Crippen LogP contribution is 2.47. The summed E-state index contributed by atoms with van der Waals surface area (Å²) in [6.45, 7) is 5.57. The molecular formula is C26H31ClN2O8S. The van der Waals surface area contributed by atoms with E-state index in [1.54, 1.807) is 18.1 Å². The van der Waals surface area contributed by atoms with Crippen LogP contribution in [-0.2, 0) is 23.9 Å². The van der Waals surface area contributed by atoms with Gasteiger partial charge in [-0.2, -0.15) is 0 Å². The number of hydrogen-bond acceptors (Lipinski definition) is 8. The van der Waals surface area contributed by atoms with Gasteiger partial charge in [-0.3, -0.25) is 9.59 Å². The lowest BCUT2D eigenvalue weighted by Gasteiger charge is -2.29. The third-order valence-corrected chi connectivity index (χ3v) is 7.07. The van der Waals surface area contributed by atoms with Crippen LogP contribution in [0.3, 0.4) is 0 Å². The Hall–Kier alpha value is -3.28. The molecule has 0 radical (unpaired) electrons. The lowest BCUT2D eigenvalue weighted by molar-refractivity contribution is -0.159. The fourth-order valence-electron chi connectivity index (χ4n) is 3.73. The number of methoxy groups -OCH3 is 1. The van der Waals surface area contributed by atoms with Crippen molar-refractivity contribution in [1.82, 2.24) is 4.90 Å². The van der Waals surface area contributed by atoms with Gasteiger partial charge in [0.25, 0.3) is 5.91 Å². The number of halogens is 1. The summed E-state index contributed by atoms with van der Waals surface area (Å²) in [6, 6.07) is 13.0. The highest BCUT2D eigenvalue weighted by atomic mass is 35.5. The molecule has 2 aromatic carbocycles. The summed E-state index contributed by atoms with van der Waals surface area (Å²) in [7, 11) is 3.64. The van der Waals surface area contributed by atoms with Crippen LogP contribution in [0.5, 0.6) is 5.75 Å². The number of carbonyl (C=O) groups is 4. The van der Waals surface area contributed by atoms with Gasteiger partial charge in [0.2, 0.25) is 0 Å². The molecule has 0 aromatic heterocycles. The number of carbonyl (C=O) groups excluding carboxylic acids is 2. The number of fused-ring (bicyclic) bond motifs is 1. The largest absolute Gasteiger partial charge is 0.497 e. The maximum Gasteiger partial charge on any atom is 0.414 e. The van der Waals surface area contributed by atoms with Crippen LogP contribution < -0.4 is 9.64 Å². The van der Waals surface area contributed by atoms with Gasteiger partial charge in [0.15, 0.2) is 6.10 Å². The van der Waals surface area contributed by atoms with Crippen LogP contribution in [0.15, 0.2) is 47.4 Å². The Morgan fingerprint density at radius 2 is 1.71 bits per heavy atom. The maximum atomic E-state index is 13.8. The van der Waals surface area contributed by atoms with Gasteiger partial charge in [0.05, 0.1) is 18.0 Å². The highest BCUT2D eigenvalue weighted by Gasteiger charge is 2.40. The molecule has 2 N–H and O–H groups in total.